The van der Waals surface area contributed by atoms with Gasteiger partial charge in [-0.05, 0) is 49.5 Å². The van der Waals surface area contributed by atoms with E-state index in [2.05, 4.69) is 33.0 Å². The summed E-state index contributed by atoms with van der Waals surface area (Å²) in [5, 5.41) is 3.91. The minimum atomic E-state index is 0.410. The lowest BCUT2D eigenvalue weighted by molar-refractivity contribution is 0.0526. The molecule has 2 aliphatic rings. The molecule has 0 aromatic rings. The van der Waals surface area contributed by atoms with Crippen LogP contribution in [0.1, 0.15) is 72.6 Å². The van der Waals surface area contributed by atoms with Gasteiger partial charge in [-0.15, -0.1) is 0 Å². The quantitative estimate of drug-likeness (QED) is 0.752. The monoisotopic (exact) mass is 237 g/mol. The minimum absolute atomic E-state index is 0.410. The van der Waals surface area contributed by atoms with Crippen molar-refractivity contribution in [2.75, 3.05) is 6.54 Å². The molecule has 0 spiro atoms. The molecule has 1 unspecified atom stereocenters. The average molecular weight is 237 g/mol. The topological polar surface area (TPSA) is 12.0 Å². The predicted molar refractivity (Wildman–Crippen MR) is 75.2 cm³/mol. The smallest absolute Gasteiger partial charge is 0.0258 e. The van der Waals surface area contributed by atoms with Crippen LogP contribution in [0.5, 0.6) is 0 Å². The van der Waals surface area contributed by atoms with Gasteiger partial charge in [0.25, 0.3) is 0 Å². The summed E-state index contributed by atoms with van der Waals surface area (Å²) in [6.07, 6.45) is 10.0. The van der Waals surface area contributed by atoms with Gasteiger partial charge in [-0.2, -0.15) is 0 Å². The fraction of sp³-hybridized carbons (Fsp3) is 1.00. The Balaban J connectivity index is 2.08. The maximum atomic E-state index is 3.91. The van der Waals surface area contributed by atoms with Crippen LogP contribution in [0.15, 0.2) is 0 Å². The van der Waals surface area contributed by atoms with Crippen molar-refractivity contribution < 1.29 is 0 Å². The van der Waals surface area contributed by atoms with E-state index in [1.165, 1.54) is 51.5 Å². The van der Waals surface area contributed by atoms with Crippen LogP contribution in [0.25, 0.3) is 0 Å². The van der Waals surface area contributed by atoms with Crippen LogP contribution in [-0.2, 0) is 0 Å². The van der Waals surface area contributed by atoms with E-state index < -0.39 is 0 Å². The Hall–Kier alpha value is -0.0400. The predicted octanol–water partition coefficient (Wildman–Crippen LogP) is 4.37. The summed E-state index contributed by atoms with van der Waals surface area (Å²) in [6, 6.07) is 0. The Kier molecular flexibility index (Phi) is 3.87. The summed E-state index contributed by atoms with van der Waals surface area (Å²) in [5.41, 5.74) is 0.846. The van der Waals surface area contributed by atoms with Gasteiger partial charge in [-0.25, -0.2) is 0 Å². The van der Waals surface area contributed by atoms with Gasteiger partial charge >= 0.3 is 0 Å². The lowest BCUT2D eigenvalue weighted by Gasteiger charge is -2.50. The van der Waals surface area contributed by atoms with Gasteiger partial charge in [-0.3, -0.25) is 0 Å². The fourth-order valence-electron chi connectivity index (χ4n) is 4.43. The maximum Gasteiger partial charge on any atom is 0.0258 e. The molecule has 2 fully saturated rings. The van der Waals surface area contributed by atoms with Gasteiger partial charge in [0.05, 0.1) is 0 Å². The number of nitrogens with one attached hydrogen (secondary N) is 1. The van der Waals surface area contributed by atoms with E-state index in [4.69, 9.17) is 0 Å². The highest BCUT2D eigenvalue weighted by Gasteiger charge is 2.49. The Labute approximate surface area is 108 Å². The van der Waals surface area contributed by atoms with Gasteiger partial charge in [0.1, 0.15) is 0 Å². The van der Waals surface area contributed by atoms with Gasteiger partial charge in [0.15, 0.2) is 0 Å². The first-order valence-electron chi connectivity index (χ1n) is 7.74. The Morgan fingerprint density at radius 1 is 1.12 bits per heavy atom. The maximum absolute atomic E-state index is 3.91. The van der Waals surface area contributed by atoms with Crippen LogP contribution in [0.2, 0.25) is 0 Å². The lowest BCUT2D eigenvalue weighted by Crippen LogP contribution is -2.57. The summed E-state index contributed by atoms with van der Waals surface area (Å²) in [5.74, 6) is 1.94. The van der Waals surface area contributed by atoms with Crippen molar-refractivity contribution in [3.63, 3.8) is 0 Å². The SMILES string of the molecule is CCC1CCC(C2(C(C)(C)C)CCCN2)CC1. The van der Waals surface area contributed by atoms with Gasteiger partial charge < -0.3 is 5.32 Å². The van der Waals surface area contributed by atoms with Gasteiger partial charge in [0, 0.05) is 5.54 Å². The molecule has 1 N–H and O–H groups in total. The van der Waals surface area contributed by atoms with Gasteiger partial charge in [-0.1, -0.05) is 47.0 Å². The Morgan fingerprint density at radius 3 is 2.18 bits per heavy atom. The first kappa shape index (κ1) is 13.4. The van der Waals surface area contributed by atoms with Crippen molar-refractivity contribution in [3.8, 4) is 0 Å². The van der Waals surface area contributed by atoms with Gasteiger partial charge in [0.2, 0.25) is 0 Å². The molecule has 1 aliphatic carbocycles. The minimum Gasteiger partial charge on any atom is -0.310 e. The molecule has 0 aromatic carbocycles. The third-order valence-corrected chi connectivity index (χ3v) is 5.65. The highest BCUT2D eigenvalue weighted by atomic mass is 15.0. The molecule has 1 atom stereocenters. The highest BCUT2D eigenvalue weighted by Crippen LogP contribution is 2.48. The number of hydrogen-bond donors (Lipinski definition) is 1. The van der Waals surface area contributed by atoms with Crippen LogP contribution in [-0.4, -0.2) is 12.1 Å². The molecule has 1 heterocycles. The Bertz CT molecular complexity index is 237. The zero-order chi connectivity index (χ0) is 12.5. The molecule has 1 nitrogen and oxygen atoms in total. The normalized spacial score (nSPS) is 39.5. The van der Waals surface area contributed by atoms with Crippen molar-refractivity contribution in [2.24, 2.45) is 17.3 Å². The summed E-state index contributed by atoms with van der Waals surface area (Å²) in [7, 11) is 0. The Morgan fingerprint density at radius 2 is 1.76 bits per heavy atom. The summed E-state index contributed by atoms with van der Waals surface area (Å²) >= 11 is 0. The zero-order valence-corrected chi connectivity index (χ0v) is 12.3. The molecule has 1 heteroatoms. The lowest BCUT2D eigenvalue weighted by atomic mass is 9.60. The molecule has 0 amide bonds. The van der Waals surface area contributed by atoms with Crippen LogP contribution in [0.4, 0.5) is 0 Å². The van der Waals surface area contributed by atoms with Crippen molar-refractivity contribution >= 4 is 0 Å². The van der Waals surface area contributed by atoms with Crippen LogP contribution in [0.3, 0.4) is 0 Å². The molecule has 17 heavy (non-hydrogen) atoms. The number of rotatable bonds is 2. The molecule has 0 aromatic heterocycles. The third kappa shape index (κ3) is 2.41. The average Bonchev–Trinajstić information content (AvgIpc) is 2.79. The molecule has 1 aliphatic heterocycles. The highest BCUT2D eigenvalue weighted by molar-refractivity contribution is 5.06. The van der Waals surface area contributed by atoms with E-state index in [1.54, 1.807) is 0 Å². The second-order valence-electron chi connectivity index (χ2n) is 7.38. The van der Waals surface area contributed by atoms with E-state index in [0.717, 1.165) is 11.8 Å². The molecule has 1 saturated carbocycles. The summed E-state index contributed by atoms with van der Waals surface area (Å²) in [6.45, 7) is 10.9. The molecular formula is C16H31N. The molecule has 100 valence electrons. The van der Waals surface area contributed by atoms with E-state index in [0.29, 0.717) is 11.0 Å². The number of hydrogen-bond acceptors (Lipinski definition) is 1. The van der Waals surface area contributed by atoms with Crippen LogP contribution >= 0.6 is 0 Å². The zero-order valence-electron chi connectivity index (χ0n) is 12.3. The second-order valence-corrected chi connectivity index (χ2v) is 7.38. The van der Waals surface area contributed by atoms with E-state index in [1.807, 2.05) is 0 Å². The van der Waals surface area contributed by atoms with Crippen molar-refractivity contribution in [2.45, 2.75) is 78.2 Å². The van der Waals surface area contributed by atoms with Crippen molar-refractivity contribution in [3.05, 3.63) is 0 Å². The molecule has 0 radical (unpaired) electrons. The first-order valence-corrected chi connectivity index (χ1v) is 7.74. The molecular weight excluding hydrogens is 206 g/mol. The van der Waals surface area contributed by atoms with Crippen LogP contribution in [0, 0.1) is 17.3 Å². The van der Waals surface area contributed by atoms with E-state index >= 15 is 0 Å². The van der Waals surface area contributed by atoms with E-state index in [9.17, 15) is 0 Å². The first-order chi connectivity index (χ1) is 7.99. The summed E-state index contributed by atoms with van der Waals surface area (Å²) < 4.78 is 0. The molecule has 0 bridgehead atoms. The largest absolute Gasteiger partial charge is 0.310 e. The standard InChI is InChI=1S/C16H31N/c1-5-13-7-9-14(10-8-13)16(15(2,3)4)11-6-12-17-16/h13-14,17H,5-12H2,1-4H3. The second kappa shape index (κ2) is 4.91. The van der Waals surface area contributed by atoms with Crippen molar-refractivity contribution in [1.29, 1.82) is 0 Å². The molecule has 1 saturated heterocycles. The molecule has 2 rings (SSSR count). The fourth-order valence-corrected chi connectivity index (χ4v) is 4.43. The van der Waals surface area contributed by atoms with Crippen molar-refractivity contribution in [1.82, 2.24) is 5.32 Å². The van der Waals surface area contributed by atoms with Crippen LogP contribution < -0.4 is 5.32 Å². The summed E-state index contributed by atoms with van der Waals surface area (Å²) in [4.78, 5) is 0. The van der Waals surface area contributed by atoms with E-state index in [-0.39, 0.29) is 0 Å². The third-order valence-electron chi connectivity index (χ3n) is 5.65.